The van der Waals surface area contributed by atoms with E-state index in [0.29, 0.717) is 0 Å². The quantitative estimate of drug-likeness (QED) is 0.372. The Bertz CT molecular complexity index is 1350. The molecule has 4 rings (SSSR count). The van der Waals surface area contributed by atoms with E-state index in [1.54, 1.807) is 12.1 Å². The second-order valence-electron chi connectivity index (χ2n) is 7.25. The molecule has 1 heterocycles. The Hall–Kier alpha value is -3.15. The third kappa shape index (κ3) is 6.92. The van der Waals surface area contributed by atoms with Gasteiger partial charge in [-0.15, -0.1) is 10.2 Å². The lowest BCUT2D eigenvalue weighted by Crippen LogP contribution is -2.68. The summed E-state index contributed by atoms with van der Waals surface area (Å²) in [5, 5.41) is 5.25. The SMILES string of the molecule is Cc1cc(-c2ccccc2)cc(-c2ccccc2)[n+]1-c1ccc(S(N)(=O)=O)cc1.[O-][Cl+3]([O-])([O-])[O-]. The predicted octanol–water partition coefficient (Wildman–Crippen LogP) is -0.503. The largest absolute Gasteiger partial charge is 0.238 e. The van der Waals surface area contributed by atoms with Gasteiger partial charge in [-0.3, -0.25) is 0 Å². The molecule has 0 aliphatic rings. The van der Waals surface area contributed by atoms with Gasteiger partial charge in [0.15, 0.2) is 5.69 Å². The number of hydrogen-bond acceptors (Lipinski definition) is 6. The van der Waals surface area contributed by atoms with E-state index in [4.69, 9.17) is 23.8 Å². The van der Waals surface area contributed by atoms with Crippen molar-refractivity contribution in [1.82, 2.24) is 0 Å². The number of primary sulfonamides is 1. The summed E-state index contributed by atoms with van der Waals surface area (Å²) in [5.41, 5.74) is 6.27. The van der Waals surface area contributed by atoms with Crippen molar-refractivity contribution < 1.29 is 41.9 Å². The molecule has 0 fully saturated rings. The van der Waals surface area contributed by atoms with E-state index < -0.39 is 20.3 Å². The fourth-order valence-corrected chi connectivity index (χ4v) is 3.99. The van der Waals surface area contributed by atoms with Crippen LogP contribution in [-0.2, 0) is 10.0 Å². The van der Waals surface area contributed by atoms with Gasteiger partial charge in [-0.2, -0.15) is 4.57 Å². The molecule has 0 bridgehead atoms. The highest BCUT2D eigenvalue weighted by Gasteiger charge is 2.21. The van der Waals surface area contributed by atoms with Crippen LogP contribution < -0.4 is 28.3 Å². The minimum atomic E-state index is -4.94. The highest BCUT2D eigenvalue weighted by molar-refractivity contribution is 7.89. The van der Waals surface area contributed by atoms with Crippen molar-refractivity contribution in [1.29, 1.82) is 0 Å². The van der Waals surface area contributed by atoms with E-state index in [2.05, 4.69) is 41.0 Å². The van der Waals surface area contributed by atoms with Crippen LogP contribution in [0.25, 0.3) is 28.1 Å². The lowest BCUT2D eigenvalue weighted by atomic mass is 10.0. The van der Waals surface area contributed by atoms with E-state index in [1.165, 1.54) is 12.1 Å². The molecule has 34 heavy (non-hydrogen) atoms. The highest BCUT2D eigenvalue weighted by Crippen LogP contribution is 2.26. The van der Waals surface area contributed by atoms with Gasteiger partial charge in [0.1, 0.15) is 0 Å². The van der Waals surface area contributed by atoms with Crippen LogP contribution >= 0.6 is 0 Å². The van der Waals surface area contributed by atoms with Crippen molar-refractivity contribution in [2.45, 2.75) is 11.8 Å². The lowest BCUT2D eigenvalue weighted by Gasteiger charge is -2.17. The maximum absolute atomic E-state index is 11.6. The highest BCUT2D eigenvalue weighted by atomic mass is 35.7. The number of benzene rings is 3. The number of halogens is 1. The molecular weight excluding hydrogens is 480 g/mol. The van der Waals surface area contributed by atoms with E-state index >= 15 is 0 Å². The van der Waals surface area contributed by atoms with Gasteiger partial charge in [0.05, 0.1) is 4.90 Å². The lowest BCUT2D eigenvalue weighted by molar-refractivity contribution is -2.00. The Balaban J connectivity index is 0.000000588. The number of hydrogen-bond donors (Lipinski definition) is 1. The summed E-state index contributed by atoms with van der Waals surface area (Å²) < 4.78 is 59.3. The van der Waals surface area contributed by atoms with Gasteiger partial charge in [0.2, 0.25) is 21.4 Å². The minimum absolute atomic E-state index is 0.0988. The van der Waals surface area contributed by atoms with Crippen LogP contribution in [0, 0.1) is 17.2 Å². The average Bonchev–Trinajstić information content (AvgIpc) is 2.78. The van der Waals surface area contributed by atoms with Gasteiger partial charge in [0.25, 0.3) is 0 Å². The van der Waals surface area contributed by atoms with Crippen molar-refractivity contribution in [2.24, 2.45) is 5.14 Å². The fraction of sp³-hybridized carbons (Fsp3) is 0.0417. The molecule has 0 amide bonds. The molecule has 0 atom stereocenters. The molecule has 0 spiro atoms. The standard InChI is InChI=1S/C24H21N2O2S.ClHO4/c1-18-16-21(19-8-4-2-5-9-19)17-24(20-10-6-3-7-11-20)26(18)22-12-14-23(15-13-22)29(25,27)28;2-1(3,4)5/h2-17H,1H3,(H2,25,27,28);(H,2,3,4,5)/q+1;/p-1. The molecular formula is C24H21ClN2O6S. The Morgan fingerprint density at radius 3 is 1.65 bits per heavy atom. The Morgan fingerprint density at radius 2 is 1.18 bits per heavy atom. The van der Waals surface area contributed by atoms with E-state index in [9.17, 15) is 8.42 Å². The zero-order valence-electron chi connectivity index (χ0n) is 18.0. The molecule has 0 unspecified atom stereocenters. The maximum atomic E-state index is 11.6. The molecule has 1 aromatic heterocycles. The number of aryl methyl sites for hydroxylation is 1. The number of pyridine rings is 1. The number of nitrogens with zero attached hydrogens (tertiary/aromatic N) is 1. The molecule has 3 aromatic carbocycles. The summed E-state index contributed by atoms with van der Waals surface area (Å²) in [6.45, 7) is 2.05. The zero-order chi connectivity index (χ0) is 24.9. The van der Waals surface area contributed by atoms with Crippen molar-refractivity contribution >= 4 is 10.0 Å². The van der Waals surface area contributed by atoms with Crippen molar-refractivity contribution in [3.8, 4) is 28.1 Å². The van der Waals surface area contributed by atoms with Crippen LogP contribution in [0.2, 0.25) is 0 Å². The van der Waals surface area contributed by atoms with Crippen LogP contribution in [0.1, 0.15) is 5.69 Å². The summed E-state index contributed by atoms with van der Waals surface area (Å²) >= 11 is 0. The smallest absolute Gasteiger partial charge is 0.225 e. The Labute approximate surface area is 199 Å². The van der Waals surface area contributed by atoms with Gasteiger partial charge in [-0.05, 0) is 35.4 Å². The summed E-state index contributed by atoms with van der Waals surface area (Å²) in [6.07, 6.45) is 0. The topological polar surface area (TPSA) is 156 Å². The molecule has 176 valence electrons. The first-order valence-electron chi connectivity index (χ1n) is 9.86. The summed E-state index contributed by atoms with van der Waals surface area (Å²) in [4.78, 5) is 0.0988. The van der Waals surface area contributed by atoms with Crippen molar-refractivity contribution in [3.05, 3.63) is 103 Å². The number of sulfonamides is 1. The number of aromatic nitrogens is 1. The van der Waals surface area contributed by atoms with Gasteiger partial charge in [-0.1, -0.05) is 48.5 Å². The van der Waals surface area contributed by atoms with Gasteiger partial charge < -0.3 is 0 Å². The molecule has 0 radical (unpaired) electrons. The predicted molar refractivity (Wildman–Crippen MR) is 115 cm³/mol. The van der Waals surface area contributed by atoms with Crippen LogP contribution in [0.4, 0.5) is 0 Å². The van der Waals surface area contributed by atoms with Gasteiger partial charge in [0, 0.05) is 36.8 Å². The summed E-state index contributed by atoms with van der Waals surface area (Å²) in [7, 11) is -8.67. The Morgan fingerprint density at radius 1 is 0.706 bits per heavy atom. The molecule has 0 aliphatic heterocycles. The van der Waals surface area contributed by atoms with Crippen molar-refractivity contribution in [2.75, 3.05) is 0 Å². The van der Waals surface area contributed by atoms with Crippen molar-refractivity contribution in [3.63, 3.8) is 0 Å². The molecule has 2 N–H and O–H groups in total. The minimum Gasteiger partial charge on any atom is -0.225 e. The van der Waals surface area contributed by atoms with Crippen LogP contribution in [-0.4, -0.2) is 8.42 Å². The van der Waals surface area contributed by atoms with Gasteiger partial charge in [-0.25, -0.2) is 32.2 Å². The monoisotopic (exact) mass is 500 g/mol. The molecule has 4 aromatic rings. The first-order chi connectivity index (χ1) is 15.9. The van der Waals surface area contributed by atoms with Crippen LogP contribution in [0.5, 0.6) is 0 Å². The molecule has 8 nitrogen and oxygen atoms in total. The third-order valence-corrected chi connectivity index (χ3v) is 5.78. The maximum Gasteiger partial charge on any atom is 0.238 e. The molecule has 10 heteroatoms. The summed E-state index contributed by atoms with van der Waals surface area (Å²) in [6, 6.07) is 31.3. The van der Waals surface area contributed by atoms with E-state index in [1.807, 2.05) is 43.3 Å². The van der Waals surface area contributed by atoms with E-state index in [-0.39, 0.29) is 4.90 Å². The van der Waals surface area contributed by atoms with E-state index in [0.717, 1.165) is 33.8 Å². The zero-order valence-corrected chi connectivity index (χ0v) is 19.6. The van der Waals surface area contributed by atoms with Crippen LogP contribution in [0.15, 0.2) is 102 Å². The second-order valence-corrected chi connectivity index (χ2v) is 9.57. The van der Waals surface area contributed by atoms with Crippen LogP contribution in [0.3, 0.4) is 0 Å². The average molecular weight is 501 g/mol. The van der Waals surface area contributed by atoms with Gasteiger partial charge >= 0.3 is 0 Å². The first kappa shape index (κ1) is 25.5. The number of nitrogens with two attached hydrogens (primary N) is 1. The Kier molecular flexibility index (Phi) is 7.80. The first-order valence-corrected chi connectivity index (χ1v) is 12.6. The molecule has 0 aliphatic carbocycles. The second kappa shape index (κ2) is 10.4. The molecule has 0 saturated heterocycles. The fourth-order valence-electron chi connectivity index (χ4n) is 3.48. The normalized spacial score (nSPS) is 11.5. The molecule has 0 saturated carbocycles. The number of rotatable bonds is 4. The third-order valence-electron chi connectivity index (χ3n) is 4.85. The summed E-state index contributed by atoms with van der Waals surface area (Å²) in [5.74, 6) is 0.